The van der Waals surface area contributed by atoms with E-state index in [4.69, 9.17) is 5.26 Å². The first-order chi connectivity index (χ1) is 8.31. The molecule has 0 spiro atoms. The van der Waals surface area contributed by atoms with E-state index in [1.54, 1.807) is 30.6 Å². The van der Waals surface area contributed by atoms with Gasteiger partial charge in [0.2, 0.25) is 0 Å². The first kappa shape index (κ1) is 11.7. The Morgan fingerprint density at radius 1 is 1.41 bits per heavy atom. The van der Waals surface area contributed by atoms with Gasteiger partial charge in [0.15, 0.2) is 5.16 Å². The lowest BCUT2D eigenvalue weighted by Gasteiger charge is -2.07. The minimum Gasteiger partial charge on any atom is -0.321 e. The fraction of sp³-hybridized carbons (Fsp3) is 0.167. The van der Waals surface area contributed by atoms with Crippen LogP contribution in [0.4, 0.5) is 4.39 Å². The summed E-state index contributed by atoms with van der Waals surface area (Å²) < 4.78 is 15.3. The molecule has 1 heterocycles. The molecule has 0 fully saturated rings. The molecule has 3 nitrogen and oxygen atoms in total. The van der Waals surface area contributed by atoms with Gasteiger partial charge >= 0.3 is 0 Å². The zero-order valence-corrected chi connectivity index (χ0v) is 9.82. The first-order valence-electron chi connectivity index (χ1n) is 5.05. The predicted octanol–water partition coefficient (Wildman–Crippen LogP) is 2.69. The first-order valence-corrected chi connectivity index (χ1v) is 6.04. The molecule has 2 rings (SSSR count). The molecule has 1 aromatic heterocycles. The number of nitrogens with zero attached hydrogens (tertiary/aromatic N) is 3. The Labute approximate surface area is 103 Å². The normalized spacial score (nSPS) is 10.1. The summed E-state index contributed by atoms with van der Waals surface area (Å²) in [5.41, 5.74) is 0.615. The zero-order chi connectivity index (χ0) is 12.1. The van der Waals surface area contributed by atoms with Crippen molar-refractivity contribution in [2.75, 3.05) is 5.75 Å². The molecule has 0 radical (unpaired) electrons. The van der Waals surface area contributed by atoms with Crippen molar-refractivity contribution in [3.05, 3.63) is 48.0 Å². The van der Waals surface area contributed by atoms with E-state index < -0.39 is 0 Å². The summed E-state index contributed by atoms with van der Waals surface area (Å²) in [6.07, 6.45) is 3.44. The molecule has 0 aliphatic carbocycles. The highest BCUT2D eigenvalue weighted by molar-refractivity contribution is 7.99. The van der Waals surface area contributed by atoms with E-state index in [-0.39, 0.29) is 5.82 Å². The maximum absolute atomic E-state index is 13.5. The van der Waals surface area contributed by atoms with Crippen molar-refractivity contribution in [3.8, 4) is 6.07 Å². The van der Waals surface area contributed by atoms with Crippen molar-refractivity contribution in [1.29, 1.82) is 5.26 Å². The fourth-order valence-electron chi connectivity index (χ4n) is 1.46. The molecule has 86 valence electrons. The maximum atomic E-state index is 13.5. The Balaban J connectivity index is 2.17. The number of nitriles is 1. The topological polar surface area (TPSA) is 41.6 Å². The van der Waals surface area contributed by atoms with E-state index in [1.165, 1.54) is 17.8 Å². The maximum Gasteiger partial charge on any atom is 0.169 e. The highest BCUT2D eigenvalue weighted by atomic mass is 32.2. The smallest absolute Gasteiger partial charge is 0.169 e. The summed E-state index contributed by atoms with van der Waals surface area (Å²) in [6, 6.07) is 8.69. The summed E-state index contributed by atoms with van der Waals surface area (Å²) in [5, 5.41) is 9.25. The zero-order valence-electron chi connectivity index (χ0n) is 9.01. The summed E-state index contributed by atoms with van der Waals surface area (Å²) in [7, 11) is 0. The van der Waals surface area contributed by atoms with Crippen LogP contribution in [0.1, 0.15) is 5.56 Å². The molecular weight excluding hydrogens is 237 g/mol. The number of aromatic nitrogens is 2. The molecule has 2 aromatic rings. The number of imidazole rings is 1. The van der Waals surface area contributed by atoms with E-state index >= 15 is 0 Å². The Kier molecular flexibility index (Phi) is 3.78. The van der Waals surface area contributed by atoms with Crippen LogP contribution in [-0.4, -0.2) is 15.3 Å². The third-order valence-electron chi connectivity index (χ3n) is 2.24. The second-order valence-corrected chi connectivity index (χ2v) is 4.32. The van der Waals surface area contributed by atoms with Crippen LogP contribution in [-0.2, 0) is 6.54 Å². The van der Waals surface area contributed by atoms with Crippen molar-refractivity contribution in [1.82, 2.24) is 9.55 Å². The second-order valence-electron chi connectivity index (χ2n) is 3.38. The molecule has 0 aliphatic rings. The second kappa shape index (κ2) is 5.51. The van der Waals surface area contributed by atoms with Crippen molar-refractivity contribution in [2.45, 2.75) is 11.7 Å². The number of hydrogen-bond acceptors (Lipinski definition) is 3. The van der Waals surface area contributed by atoms with Gasteiger partial charge in [-0.25, -0.2) is 9.37 Å². The van der Waals surface area contributed by atoms with Crippen LogP contribution < -0.4 is 0 Å². The van der Waals surface area contributed by atoms with Gasteiger partial charge in [-0.15, -0.1) is 0 Å². The monoisotopic (exact) mass is 247 g/mol. The molecule has 0 unspecified atom stereocenters. The third kappa shape index (κ3) is 2.86. The van der Waals surface area contributed by atoms with Crippen LogP contribution in [0.5, 0.6) is 0 Å². The molecule has 0 atom stereocenters. The standard InChI is InChI=1S/C12H10FN3S/c13-11-4-2-1-3-10(11)9-16-7-6-15-12(16)17-8-5-14/h1-4,6-7H,8-9H2. The van der Waals surface area contributed by atoms with Crippen molar-refractivity contribution in [2.24, 2.45) is 0 Å². The highest BCUT2D eigenvalue weighted by Gasteiger charge is 2.06. The predicted molar refractivity (Wildman–Crippen MR) is 64.1 cm³/mol. The summed E-state index contributed by atoms with van der Waals surface area (Å²) >= 11 is 1.35. The fourth-order valence-corrected chi connectivity index (χ4v) is 2.08. The molecule has 1 aromatic carbocycles. The SMILES string of the molecule is N#CCSc1nccn1Cc1ccccc1F. The molecule has 0 amide bonds. The van der Waals surface area contributed by atoms with Gasteiger partial charge < -0.3 is 4.57 Å². The van der Waals surface area contributed by atoms with Gasteiger partial charge in [-0.3, -0.25) is 0 Å². The van der Waals surface area contributed by atoms with Gasteiger partial charge in [-0.05, 0) is 6.07 Å². The molecule has 5 heteroatoms. The molecule has 17 heavy (non-hydrogen) atoms. The van der Waals surface area contributed by atoms with Crippen molar-refractivity contribution < 1.29 is 4.39 Å². The van der Waals surface area contributed by atoms with E-state index in [0.717, 1.165) is 5.16 Å². The molecule has 0 bridgehead atoms. The van der Waals surface area contributed by atoms with E-state index in [9.17, 15) is 4.39 Å². The lowest BCUT2D eigenvalue weighted by atomic mass is 10.2. The van der Waals surface area contributed by atoms with Crippen LogP contribution in [0.3, 0.4) is 0 Å². The van der Waals surface area contributed by atoms with Gasteiger partial charge in [0.05, 0.1) is 18.4 Å². The highest BCUT2D eigenvalue weighted by Crippen LogP contribution is 2.17. The van der Waals surface area contributed by atoms with Crippen LogP contribution in [0.25, 0.3) is 0 Å². The Morgan fingerprint density at radius 2 is 2.24 bits per heavy atom. The molecule has 0 saturated carbocycles. The minimum absolute atomic E-state index is 0.225. The molecule has 0 saturated heterocycles. The summed E-state index contributed by atoms with van der Waals surface area (Å²) in [6.45, 7) is 0.431. The summed E-state index contributed by atoms with van der Waals surface area (Å²) in [4.78, 5) is 4.13. The van der Waals surface area contributed by atoms with Crippen LogP contribution in [0.2, 0.25) is 0 Å². The van der Waals surface area contributed by atoms with Gasteiger partial charge in [0, 0.05) is 18.0 Å². The minimum atomic E-state index is -0.225. The average Bonchev–Trinajstić information content (AvgIpc) is 2.77. The summed E-state index contributed by atoms with van der Waals surface area (Å²) in [5.74, 6) is 0.117. The van der Waals surface area contributed by atoms with E-state index in [1.807, 2.05) is 10.6 Å². The van der Waals surface area contributed by atoms with Crippen LogP contribution >= 0.6 is 11.8 Å². The largest absolute Gasteiger partial charge is 0.321 e. The van der Waals surface area contributed by atoms with Gasteiger partial charge in [0.1, 0.15) is 5.82 Å². The lowest BCUT2D eigenvalue weighted by molar-refractivity contribution is 0.590. The van der Waals surface area contributed by atoms with Gasteiger partial charge in [-0.1, -0.05) is 30.0 Å². The number of benzene rings is 1. The van der Waals surface area contributed by atoms with Crippen molar-refractivity contribution >= 4 is 11.8 Å². The average molecular weight is 247 g/mol. The Bertz CT molecular complexity index is 545. The van der Waals surface area contributed by atoms with Crippen molar-refractivity contribution in [3.63, 3.8) is 0 Å². The number of halogens is 1. The quantitative estimate of drug-likeness (QED) is 0.780. The molecule has 0 aliphatic heterocycles. The molecule has 0 N–H and O–H groups in total. The van der Waals surface area contributed by atoms with E-state index in [0.29, 0.717) is 17.9 Å². The molecular formula is C12H10FN3S. The number of hydrogen-bond donors (Lipinski definition) is 0. The van der Waals surface area contributed by atoms with Crippen LogP contribution in [0, 0.1) is 17.1 Å². The Hall–Kier alpha value is -1.80. The van der Waals surface area contributed by atoms with Gasteiger partial charge in [0.25, 0.3) is 0 Å². The lowest BCUT2D eigenvalue weighted by Crippen LogP contribution is -2.02. The third-order valence-corrected chi connectivity index (χ3v) is 3.11. The number of thioether (sulfide) groups is 1. The van der Waals surface area contributed by atoms with E-state index in [2.05, 4.69) is 4.98 Å². The van der Waals surface area contributed by atoms with Crippen LogP contribution in [0.15, 0.2) is 41.8 Å². The van der Waals surface area contributed by atoms with Gasteiger partial charge in [-0.2, -0.15) is 5.26 Å². The number of rotatable bonds is 4. The Morgan fingerprint density at radius 3 is 3.00 bits per heavy atom.